The summed E-state index contributed by atoms with van der Waals surface area (Å²) in [5, 5.41) is 15.4. The average Bonchev–Trinajstić information content (AvgIpc) is 3.22. The van der Waals surface area contributed by atoms with Gasteiger partial charge in [0.1, 0.15) is 5.75 Å². The summed E-state index contributed by atoms with van der Waals surface area (Å²) < 4.78 is 6.82. The van der Waals surface area contributed by atoms with Crippen molar-refractivity contribution in [3.63, 3.8) is 0 Å². The third-order valence-electron chi connectivity index (χ3n) is 5.10. The fourth-order valence-corrected chi connectivity index (χ4v) is 4.36. The van der Waals surface area contributed by atoms with Crippen LogP contribution in [0.4, 0.5) is 0 Å². The molecule has 150 valence electrons. The van der Waals surface area contributed by atoms with Crippen molar-refractivity contribution in [2.24, 2.45) is 0 Å². The van der Waals surface area contributed by atoms with Gasteiger partial charge in [-0.2, -0.15) is 4.68 Å². The second kappa shape index (κ2) is 8.65. The minimum absolute atomic E-state index is 0.0130. The normalized spacial score (nSPS) is 16.7. The predicted octanol–water partition coefficient (Wildman–Crippen LogP) is 3.35. The Bertz CT molecular complexity index is 989. The van der Waals surface area contributed by atoms with Crippen LogP contribution in [-0.2, 0) is 11.2 Å². The lowest BCUT2D eigenvalue weighted by Crippen LogP contribution is -2.36. The third-order valence-corrected chi connectivity index (χ3v) is 6.13. The Kier molecular flexibility index (Phi) is 5.80. The number of aromatic nitrogens is 4. The first-order chi connectivity index (χ1) is 14.2. The van der Waals surface area contributed by atoms with Crippen molar-refractivity contribution in [1.82, 2.24) is 25.5 Å². The van der Waals surface area contributed by atoms with Crippen LogP contribution in [0.5, 0.6) is 5.75 Å². The van der Waals surface area contributed by atoms with Gasteiger partial charge in [0.2, 0.25) is 11.1 Å². The van der Waals surface area contributed by atoms with E-state index >= 15 is 0 Å². The first kappa shape index (κ1) is 19.4. The zero-order valence-electron chi connectivity index (χ0n) is 16.4. The molecule has 0 saturated carbocycles. The molecule has 1 amide bonds. The van der Waals surface area contributed by atoms with Crippen LogP contribution in [-0.4, -0.2) is 38.5 Å². The number of carbonyl (C=O) groups is 1. The van der Waals surface area contributed by atoms with Gasteiger partial charge in [-0.05, 0) is 72.0 Å². The maximum absolute atomic E-state index is 12.9. The lowest BCUT2D eigenvalue weighted by molar-refractivity contribution is -0.121. The maximum Gasteiger partial charge on any atom is 0.233 e. The zero-order chi connectivity index (χ0) is 20.2. The molecule has 8 heteroatoms. The van der Waals surface area contributed by atoms with Gasteiger partial charge in [-0.3, -0.25) is 4.79 Å². The van der Waals surface area contributed by atoms with Gasteiger partial charge < -0.3 is 10.1 Å². The molecular formula is C21H23N5O2S. The van der Waals surface area contributed by atoms with Crippen LogP contribution in [0.2, 0.25) is 0 Å². The second-order valence-corrected chi connectivity index (χ2v) is 8.29. The van der Waals surface area contributed by atoms with E-state index in [0.29, 0.717) is 5.16 Å². The van der Waals surface area contributed by atoms with E-state index in [2.05, 4.69) is 39.0 Å². The van der Waals surface area contributed by atoms with Gasteiger partial charge in [0.15, 0.2) is 0 Å². The molecule has 0 fully saturated rings. The molecule has 4 rings (SSSR count). The number of rotatable bonds is 6. The molecule has 1 N–H and O–H groups in total. The number of hydrogen-bond acceptors (Lipinski definition) is 6. The Morgan fingerprint density at radius 2 is 2.03 bits per heavy atom. The quantitative estimate of drug-likeness (QED) is 0.629. The van der Waals surface area contributed by atoms with Gasteiger partial charge in [0, 0.05) is 0 Å². The van der Waals surface area contributed by atoms with Gasteiger partial charge >= 0.3 is 0 Å². The summed E-state index contributed by atoms with van der Waals surface area (Å²) in [5.74, 6) is 0.748. The molecule has 3 aromatic rings. The van der Waals surface area contributed by atoms with E-state index in [9.17, 15) is 4.79 Å². The van der Waals surface area contributed by atoms with E-state index in [-0.39, 0.29) is 17.2 Å². The molecular weight excluding hydrogens is 386 g/mol. The molecule has 1 aliphatic rings. The molecule has 7 nitrogen and oxygen atoms in total. The van der Waals surface area contributed by atoms with Crippen molar-refractivity contribution in [2.75, 3.05) is 7.11 Å². The number of aryl methyl sites for hydroxylation is 1. The second-order valence-electron chi connectivity index (χ2n) is 6.98. The molecule has 1 aromatic heterocycles. The standard InChI is InChI=1S/C21H23N5O2S/c1-14(20(27)22-19-9-5-7-15-6-3-4-8-18(15)19)29-21-23-24-25-26(21)16-10-12-17(28-2)13-11-16/h3-4,6,8,10-14,19H,5,7,9H2,1-2H3,(H,22,27)/t14-,19-/m0/s1. The highest BCUT2D eigenvalue weighted by Crippen LogP contribution is 2.30. The van der Waals surface area contributed by atoms with E-state index in [4.69, 9.17) is 4.74 Å². The molecule has 0 aliphatic heterocycles. The summed E-state index contributed by atoms with van der Waals surface area (Å²) >= 11 is 1.34. The van der Waals surface area contributed by atoms with Gasteiger partial charge in [-0.25, -0.2) is 0 Å². The van der Waals surface area contributed by atoms with Crippen LogP contribution in [0.1, 0.15) is 36.9 Å². The number of carbonyl (C=O) groups excluding carboxylic acids is 1. The van der Waals surface area contributed by atoms with Gasteiger partial charge in [0.25, 0.3) is 0 Å². The Morgan fingerprint density at radius 1 is 1.24 bits per heavy atom. The number of amides is 1. The number of nitrogens with one attached hydrogen (secondary N) is 1. The summed E-state index contributed by atoms with van der Waals surface area (Å²) in [5.41, 5.74) is 3.37. The fourth-order valence-electron chi connectivity index (χ4n) is 3.54. The van der Waals surface area contributed by atoms with Crippen LogP contribution >= 0.6 is 11.8 Å². The predicted molar refractivity (Wildman–Crippen MR) is 111 cm³/mol. The first-order valence-electron chi connectivity index (χ1n) is 9.63. The maximum atomic E-state index is 12.9. The minimum atomic E-state index is -0.327. The van der Waals surface area contributed by atoms with Crippen LogP contribution in [0, 0.1) is 0 Å². The SMILES string of the molecule is COc1ccc(-n2nnnc2S[C@@H](C)C(=O)N[C@H]2CCCc3ccccc32)cc1. The van der Waals surface area contributed by atoms with Crippen molar-refractivity contribution in [2.45, 2.75) is 42.6 Å². The Balaban J connectivity index is 1.44. The van der Waals surface area contributed by atoms with Crippen LogP contribution < -0.4 is 10.1 Å². The van der Waals surface area contributed by atoms with Gasteiger partial charge in [-0.1, -0.05) is 36.0 Å². The van der Waals surface area contributed by atoms with Gasteiger partial charge in [0.05, 0.1) is 24.1 Å². The minimum Gasteiger partial charge on any atom is -0.497 e. The number of tetrazole rings is 1. The molecule has 29 heavy (non-hydrogen) atoms. The third kappa shape index (κ3) is 4.27. The van der Waals surface area contributed by atoms with Crippen LogP contribution in [0.25, 0.3) is 5.69 Å². The van der Waals surface area contributed by atoms with Gasteiger partial charge in [-0.15, -0.1) is 5.10 Å². The summed E-state index contributed by atoms with van der Waals surface area (Å²) in [6, 6.07) is 15.9. The number of ether oxygens (including phenoxy) is 1. The van der Waals surface area contributed by atoms with E-state index in [1.807, 2.05) is 37.3 Å². The molecule has 0 saturated heterocycles. The summed E-state index contributed by atoms with van der Waals surface area (Å²) in [7, 11) is 1.62. The molecule has 1 aliphatic carbocycles. The van der Waals surface area contributed by atoms with Crippen molar-refractivity contribution in [3.8, 4) is 11.4 Å². The topological polar surface area (TPSA) is 81.9 Å². The summed E-state index contributed by atoms with van der Waals surface area (Å²) in [4.78, 5) is 12.9. The van der Waals surface area contributed by atoms with Crippen LogP contribution in [0.15, 0.2) is 53.7 Å². The Labute approximate surface area is 173 Å². The average molecular weight is 410 g/mol. The molecule has 2 atom stereocenters. The van der Waals surface area contributed by atoms with Crippen molar-refractivity contribution in [1.29, 1.82) is 0 Å². The molecule has 0 radical (unpaired) electrons. The number of thioether (sulfide) groups is 1. The van der Waals surface area contributed by atoms with E-state index in [1.165, 1.54) is 22.9 Å². The molecule has 0 unspecified atom stereocenters. The Hall–Kier alpha value is -2.87. The number of fused-ring (bicyclic) bond motifs is 1. The van der Waals surface area contributed by atoms with Crippen molar-refractivity contribution >= 4 is 17.7 Å². The van der Waals surface area contributed by atoms with Crippen molar-refractivity contribution in [3.05, 3.63) is 59.7 Å². The smallest absolute Gasteiger partial charge is 0.233 e. The monoisotopic (exact) mass is 409 g/mol. The molecule has 0 spiro atoms. The highest BCUT2D eigenvalue weighted by atomic mass is 32.2. The summed E-state index contributed by atoms with van der Waals surface area (Å²) in [6.45, 7) is 1.88. The molecule has 2 aromatic carbocycles. The van der Waals surface area contributed by atoms with E-state index in [0.717, 1.165) is 30.7 Å². The molecule has 1 heterocycles. The fraction of sp³-hybridized carbons (Fsp3) is 0.333. The van der Waals surface area contributed by atoms with E-state index in [1.54, 1.807) is 11.8 Å². The van der Waals surface area contributed by atoms with Crippen molar-refractivity contribution < 1.29 is 9.53 Å². The molecule has 0 bridgehead atoms. The van der Waals surface area contributed by atoms with Crippen LogP contribution in [0.3, 0.4) is 0 Å². The van der Waals surface area contributed by atoms with E-state index < -0.39 is 0 Å². The summed E-state index contributed by atoms with van der Waals surface area (Å²) in [6.07, 6.45) is 3.12. The highest BCUT2D eigenvalue weighted by molar-refractivity contribution is 8.00. The number of hydrogen-bond donors (Lipinski definition) is 1. The lowest BCUT2D eigenvalue weighted by atomic mass is 9.88. The first-order valence-corrected chi connectivity index (χ1v) is 10.5. The highest BCUT2D eigenvalue weighted by Gasteiger charge is 2.25. The Morgan fingerprint density at radius 3 is 2.83 bits per heavy atom. The largest absolute Gasteiger partial charge is 0.497 e. The number of methoxy groups -OCH3 is 1. The zero-order valence-corrected chi connectivity index (χ0v) is 17.2. The number of nitrogens with zero attached hydrogens (tertiary/aromatic N) is 4. The lowest BCUT2D eigenvalue weighted by Gasteiger charge is -2.27. The number of benzene rings is 2.